The zero-order valence-corrected chi connectivity index (χ0v) is 21.8. The lowest BCUT2D eigenvalue weighted by Crippen LogP contribution is -2.29. The van der Waals surface area contributed by atoms with E-state index in [-0.39, 0.29) is 11.1 Å². The summed E-state index contributed by atoms with van der Waals surface area (Å²) in [5.41, 5.74) is 5.22. The van der Waals surface area contributed by atoms with Crippen molar-refractivity contribution in [1.82, 2.24) is 0 Å². The summed E-state index contributed by atoms with van der Waals surface area (Å²) in [5.74, 6) is -1.94. The summed E-state index contributed by atoms with van der Waals surface area (Å²) in [7, 11) is 0. The highest BCUT2D eigenvalue weighted by Gasteiger charge is 2.45. The van der Waals surface area contributed by atoms with Crippen molar-refractivity contribution < 1.29 is 19.3 Å². The molecule has 0 saturated heterocycles. The summed E-state index contributed by atoms with van der Waals surface area (Å²) in [4.78, 5) is 28.5. The Balaban J connectivity index is 1.65. The number of ketones is 2. The lowest BCUT2D eigenvalue weighted by atomic mass is 9.81. The fraction of sp³-hybridized carbons (Fsp3) is 0.323. The molecule has 2 heterocycles. The molecule has 0 atom stereocenters. The molecule has 0 spiro atoms. The van der Waals surface area contributed by atoms with Crippen molar-refractivity contribution in [3.05, 3.63) is 94.4 Å². The van der Waals surface area contributed by atoms with E-state index < -0.39 is 28.2 Å². The molecule has 3 aliphatic rings. The standard InChI is InChI=1S/C31H32N2O3/c1-7-32-23-15-11-9-13-21(23)30(3,4)25(32)17-19-27(34)20(29(36)28(19)35)18-26-31(5,6)22-14-10-12-16-24(22)33(26)8-2/h9-18H,7-8H2,1-6H3. The lowest BCUT2D eigenvalue weighted by Gasteiger charge is -2.26. The number of hydrogen-bond donors (Lipinski definition) is 0. The Kier molecular flexibility index (Phi) is 5.43. The number of para-hydroxylation sites is 2. The molecule has 0 unspecified atom stereocenters. The molecule has 0 radical (unpaired) electrons. The van der Waals surface area contributed by atoms with Crippen LogP contribution >= 0.6 is 0 Å². The van der Waals surface area contributed by atoms with E-state index >= 15 is 0 Å². The minimum atomic E-state index is -0.724. The van der Waals surface area contributed by atoms with E-state index in [0.29, 0.717) is 13.1 Å². The minimum absolute atomic E-state index is 0.0439. The highest BCUT2D eigenvalue weighted by atomic mass is 16.3. The molecule has 0 fully saturated rings. The molecule has 0 bridgehead atoms. The van der Waals surface area contributed by atoms with Crippen LogP contribution in [-0.4, -0.2) is 34.9 Å². The lowest BCUT2D eigenvalue weighted by molar-refractivity contribution is -0.433. The molecule has 5 heteroatoms. The third-order valence-corrected chi connectivity index (χ3v) is 7.98. The van der Waals surface area contributed by atoms with Crippen LogP contribution in [0, 0.1) is 0 Å². The normalized spacial score (nSPS) is 22.3. The minimum Gasteiger partial charge on any atom is -0.871 e. The first-order valence-corrected chi connectivity index (χ1v) is 12.6. The van der Waals surface area contributed by atoms with Crippen molar-refractivity contribution in [3.63, 3.8) is 0 Å². The van der Waals surface area contributed by atoms with Crippen LogP contribution in [0.1, 0.15) is 52.7 Å². The first-order valence-electron chi connectivity index (χ1n) is 12.6. The van der Waals surface area contributed by atoms with E-state index in [1.165, 1.54) is 0 Å². The Morgan fingerprint density at radius 1 is 0.861 bits per heavy atom. The van der Waals surface area contributed by atoms with Crippen molar-refractivity contribution >= 4 is 28.7 Å². The first kappa shape index (κ1) is 24.0. The summed E-state index contributed by atoms with van der Waals surface area (Å²) in [5, 5.41) is 13.6. The van der Waals surface area contributed by atoms with Gasteiger partial charge in [-0.05, 0) is 45.4 Å². The van der Waals surface area contributed by atoms with Gasteiger partial charge in [0.1, 0.15) is 6.54 Å². The number of anilines is 1. The number of fused-ring (bicyclic) bond motifs is 2. The predicted octanol–water partition coefficient (Wildman–Crippen LogP) is 4.48. The number of carbonyl (C=O) groups is 2. The van der Waals surface area contributed by atoms with Crippen molar-refractivity contribution in [3.8, 4) is 0 Å². The fourth-order valence-corrected chi connectivity index (χ4v) is 6.01. The summed E-state index contributed by atoms with van der Waals surface area (Å²) in [6, 6.07) is 16.2. The van der Waals surface area contributed by atoms with Gasteiger partial charge in [-0.1, -0.05) is 56.0 Å². The van der Waals surface area contributed by atoms with Crippen LogP contribution in [0.5, 0.6) is 0 Å². The fourth-order valence-electron chi connectivity index (χ4n) is 6.01. The maximum atomic E-state index is 13.6. The van der Waals surface area contributed by atoms with Crippen LogP contribution in [0.2, 0.25) is 0 Å². The van der Waals surface area contributed by atoms with Crippen molar-refractivity contribution in [2.24, 2.45) is 0 Å². The maximum Gasteiger partial charge on any atom is 0.233 e. The molecule has 5 nitrogen and oxygen atoms in total. The van der Waals surface area contributed by atoms with Gasteiger partial charge in [-0.2, -0.15) is 4.58 Å². The molecule has 184 valence electrons. The topological polar surface area (TPSA) is 63.4 Å². The molecule has 2 aromatic rings. The number of carbonyl (C=O) groups excluding carboxylic acids is 2. The highest BCUT2D eigenvalue weighted by Crippen LogP contribution is 2.48. The number of allylic oxidation sites excluding steroid dienone is 5. The molecule has 1 aliphatic carbocycles. The smallest absolute Gasteiger partial charge is 0.233 e. The summed E-state index contributed by atoms with van der Waals surface area (Å²) >= 11 is 0. The van der Waals surface area contributed by atoms with E-state index in [9.17, 15) is 14.7 Å². The molecule has 2 aromatic carbocycles. The Labute approximate surface area is 212 Å². The van der Waals surface area contributed by atoms with E-state index in [2.05, 4.69) is 61.4 Å². The SMILES string of the molecule is CCN1/C(=C\C2=C([O-])C(=C\C3=[N+](CC)c4ccccc4C3(C)C)/C(=O)C2=O)C(C)(C)c2ccccc21. The molecule has 36 heavy (non-hydrogen) atoms. The molecular weight excluding hydrogens is 448 g/mol. The molecule has 2 aliphatic heterocycles. The van der Waals surface area contributed by atoms with Crippen molar-refractivity contribution in [2.75, 3.05) is 18.0 Å². The maximum absolute atomic E-state index is 13.6. The van der Waals surface area contributed by atoms with Gasteiger partial charge in [-0.3, -0.25) is 9.59 Å². The number of likely N-dealkylation sites (N-methyl/N-ethyl adjacent to an activating group) is 1. The van der Waals surface area contributed by atoms with Gasteiger partial charge in [0.05, 0.1) is 5.41 Å². The van der Waals surface area contributed by atoms with Crippen molar-refractivity contribution in [2.45, 2.75) is 52.4 Å². The largest absolute Gasteiger partial charge is 0.871 e. The number of nitrogens with zero attached hydrogens (tertiary/aromatic N) is 2. The predicted molar refractivity (Wildman–Crippen MR) is 141 cm³/mol. The first-order chi connectivity index (χ1) is 17.1. The average Bonchev–Trinajstić information content (AvgIpc) is 3.31. The molecule has 0 saturated carbocycles. The number of benzene rings is 2. The molecule has 0 amide bonds. The number of Topliss-reactive ketones (excluding diaryl/α,β-unsaturated/α-hetero) is 2. The molecule has 5 rings (SSSR count). The second kappa shape index (κ2) is 8.16. The Bertz CT molecular complexity index is 1450. The van der Waals surface area contributed by atoms with Crippen LogP contribution in [0.3, 0.4) is 0 Å². The number of hydrogen-bond acceptors (Lipinski definition) is 4. The zero-order valence-electron chi connectivity index (χ0n) is 21.8. The van der Waals surface area contributed by atoms with E-state index in [4.69, 9.17) is 0 Å². The second-order valence-electron chi connectivity index (χ2n) is 10.6. The van der Waals surface area contributed by atoms with Gasteiger partial charge in [0, 0.05) is 52.2 Å². The van der Waals surface area contributed by atoms with Gasteiger partial charge in [0.25, 0.3) is 0 Å². The third-order valence-electron chi connectivity index (χ3n) is 7.98. The van der Waals surface area contributed by atoms with Gasteiger partial charge in [0.2, 0.25) is 17.3 Å². The highest BCUT2D eigenvalue weighted by molar-refractivity contribution is 6.54. The van der Waals surface area contributed by atoms with Gasteiger partial charge in [-0.25, -0.2) is 0 Å². The van der Waals surface area contributed by atoms with Crippen LogP contribution in [0.4, 0.5) is 11.4 Å². The van der Waals surface area contributed by atoms with Crippen LogP contribution < -0.4 is 10.0 Å². The Morgan fingerprint density at radius 3 is 2.17 bits per heavy atom. The number of rotatable bonds is 4. The van der Waals surface area contributed by atoms with Gasteiger partial charge >= 0.3 is 0 Å². The van der Waals surface area contributed by atoms with Crippen LogP contribution in [0.25, 0.3) is 0 Å². The van der Waals surface area contributed by atoms with Crippen LogP contribution in [0.15, 0.2) is 83.3 Å². The van der Waals surface area contributed by atoms with E-state index in [1.807, 2.05) is 38.1 Å². The van der Waals surface area contributed by atoms with Gasteiger partial charge in [0.15, 0.2) is 5.71 Å². The summed E-state index contributed by atoms with van der Waals surface area (Å²) in [6.07, 6.45) is 3.31. The monoisotopic (exact) mass is 480 g/mol. The van der Waals surface area contributed by atoms with E-state index in [0.717, 1.165) is 33.9 Å². The Hall–Kier alpha value is -3.73. The second-order valence-corrected chi connectivity index (χ2v) is 10.6. The average molecular weight is 481 g/mol. The molecular formula is C31H32N2O3. The van der Waals surface area contributed by atoms with Gasteiger partial charge in [-0.15, -0.1) is 0 Å². The summed E-state index contributed by atoms with van der Waals surface area (Å²) < 4.78 is 2.12. The van der Waals surface area contributed by atoms with Crippen LogP contribution in [-0.2, 0) is 20.4 Å². The quantitative estimate of drug-likeness (QED) is 0.368. The Morgan fingerprint density at radius 2 is 1.50 bits per heavy atom. The summed E-state index contributed by atoms with van der Waals surface area (Å²) in [6.45, 7) is 13.8. The molecule has 0 N–H and O–H groups in total. The third kappa shape index (κ3) is 3.18. The van der Waals surface area contributed by atoms with Gasteiger partial charge < -0.3 is 10.0 Å². The molecule has 0 aromatic heterocycles. The van der Waals surface area contributed by atoms with E-state index in [1.54, 1.807) is 12.2 Å². The van der Waals surface area contributed by atoms with Crippen molar-refractivity contribution in [1.29, 1.82) is 0 Å². The zero-order chi connectivity index (χ0) is 26.0.